The quantitative estimate of drug-likeness (QED) is 0.728. The van der Waals surface area contributed by atoms with E-state index in [0.717, 1.165) is 49.5 Å². The molecule has 7 nitrogen and oxygen atoms in total. The van der Waals surface area contributed by atoms with Crippen molar-refractivity contribution in [3.05, 3.63) is 34.6 Å². The van der Waals surface area contributed by atoms with Crippen LogP contribution in [0.25, 0.3) is 0 Å². The SMILES string of the molecule is CCCOCCNC(=O)Nc1nc2c(s1)CN(c1cncc(C)c1)CC2. The zero-order valence-electron chi connectivity index (χ0n) is 15.2. The maximum atomic E-state index is 12.0. The summed E-state index contributed by atoms with van der Waals surface area (Å²) in [5.41, 5.74) is 3.36. The monoisotopic (exact) mass is 375 g/mol. The average molecular weight is 375 g/mol. The van der Waals surface area contributed by atoms with Gasteiger partial charge in [-0.05, 0) is 25.0 Å². The second kappa shape index (κ2) is 8.95. The van der Waals surface area contributed by atoms with Crippen LogP contribution in [0, 0.1) is 6.92 Å². The predicted octanol–water partition coefficient (Wildman–Crippen LogP) is 2.96. The van der Waals surface area contributed by atoms with E-state index in [2.05, 4.69) is 38.5 Å². The molecular weight excluding hydrogens is 350 g/mol. The second-order valence-corrected chi connectivity index (χ2v) is 7.36. The molecular formula is C18H25N5O2S. The number of amides is 2. The number of urea groups is 1. The van der Waals surface area contributed by atoms with Gasteiger partial charge in [0.2, 0.25) is 0 Å². The van der Waals surface area contributed by atoms with Gasteiger partial charge in [0, 0.05) is 37.2 Å². The molecule has 2 N–H and O–H groups in total. The first-order chi connectivity index (χ1) is 12.7. The van der Waals surface area contributed by atoms with Crippen LogP contribution in [-0.4, -0.2) is 42.3 Å². The van der Waals surface area contributed by atoms with E-state index in [9.17, 15) is 4.79 Å². The van der Waals surface area contributed by atoms with Gasteiger partial charge in [-0.25, -0.2) is 9.78 Å². The molecule has 0 radical (unpaired) electrons. The molecule has 2 aromatic rings. The molecule has 2 aromatic heterocycles. The molecule has 0 saturated carbocycles. The number of anilines is 2. The van der Waals surface area contributed by atoms with Gasteiger partial charge < -0.3 is 15.0 Å². The van der Waals surface area contributed by atoms with Crippen LogP contribution in [0.2, 0.25) is 0 Å². The van der Waals surface area contributed by atoms with E-state index in [1.165, 1.54) is 16.2 Å². The molecule has 0 aromatic carbocycles. The number of aromatic nitrogens is 2. The lowest BCUT2D eigenvalue weighted by Crippen LogP contribution is -2.31. The summed E-state index contributed by atoms with van der Waals surface area (Å²) in [5, 5.41) is 6.25. The minimum atomic E-state index is -0.240. The van der Waals surface area contributed by atoms with E-state index in [1.807, 2.05) is 19.3 Å². The van der Waals surface area contributed by atoms with Crippen LogP contribution in [0.4, 0.5) is 15.6 Å². The molecule has 8 heteroatoms. The fourth-order valence-electron chi connectivity index (χ4n) is 2.81. The second-order valence-electron chi connectivity index (χ2n) is 6.27. The Kier molecular flexibility index (Phi) is 6.40. The van der Waals surface area contributed by atoms with Crippen LogP contribution in [-0.2, 0) is 17.7 Å². The number of rotatable bonds is 7. The molecule has 0 saturated heterocycles. The smallest absolute Gasteiger partial charge is 0.321 e. The summed E-state index contributed by atoms with van der Waals surface area (Å²) in [6, 6.07) is 1.91. The van der Waals surface area contributed by atoms with Crippen molar-refractivity contribution >= 4 is 28.2 Å². The van der Waals surface area contributed by atoms with Crippen molar-refractivity contribution in [3.63, 3.8) is 0 Å². The summed E-state index contributed by atoms with van der Waals surface area (Å²) in [6.45, 7) is 7.54. The normalized spacial score (nSPS) is 13.4. The Bertz CT molecular complexity index is 749. The fourth-order valence-corrected chi connectivity index (χ4v) is 3.82. The molecule has 3 heterocycles. The van der Waals surface area contributed by atoms with Gasteiger partial charge in [0.25, 0.3) is 0 Å². The van der Waals surface area contributed by atoms with Crippen LogP contribution in [0.3, 0.4) is 0 Å². The molecule has 0 atom stereocenters. The van der Waals surface area contributed by atoms with Gasteiger partial charge in [0.15, 0.2) is 5.13 Å². The molecule has 0 unspecified atom stereocenters. The first-order valence-corrected chi connectivity index (χ1v) is 9.75. The number of fused-ring (bicyclic) bond motifs is 1. The zero-order valence-corrected chi connectivity index (χ0v) is 16.1. The predicted molar refractivity (Wildman–Crippen MR) is 104 cm³/mol. The number of carbonyl (C=O) groups is 1. The molecule has 0 spiro atoms. The average Bonchev–Trinajstić information content (AvgIpc) is 3.02. The topological polar surface area (TPSA) is 79.4 Å². The van der Waals surface area contributed by atoms with E-state index in [1.54, 1.807) is 0 Å². The minimum Gasteiger partial charge on any atom is -0.380 e. The van der Waals surface area contributed by atoms with Crippen molar-refractivity contribution in [1.82, 2.24) is 15.3 Å². The maximum absolute atomic E-state index is 12.0. The number of thiazole rings is 1. The third-order valence-electron chi connectivity index (χ3n) is 4.06. The Morgan fingerprint density at radius 3 is 3.08 bits per heavy atom. The lowest BCUT2D eigenvalue weighted by molar-refractivity contribution is 0.137. The van der Waals surface area contributed by atoms with Crippen LogP contribution in [0.15, 0.2) is 18.5 Å². The molecule has 1 aliphatic heterocycles. The Labute approximate surface area is 157 Å². The highest BCUT2D eigenvalue weighted by Crippen LogP contribution is 2.30. The van der Waals surface area contributed by atoms with Crippen molar-refractivity contribution in [3.8, 4) is 0 Å². The fraction of sp³-hybridized carbons (Fsp3) is 0.500. The molecule has 1 aliphatic rings. The van der Waals surface area contributed by atoms with E-state index in [-0.39, 0.29) is 6.03 Å². The van der Waals surface area contributed by atoms with Crippen molar-refractivity contribution in [2.45, 2.75) is 33.2 Å². The third-order valence-corrected chi connectivity index (χ3v) is 5.06. The molecule has 0 bridgehead atoms. The van der Waals surface area contributed by atoms with Crippen LogP contribution < -0.4 is 15.5 Å². The molecule has 140 valence electrons. The van der Waals surface area contributed by atoms with E-state index in [0.29, 0.717) is 18.3 Å². The van der Waals surface area contributed by atoms with Crippen LogP contribution in [0.5, 0.6) is 0 Å². The number of nitrogens with zero attached hydrogens (tertiary/aromatic N) is 3. The first-order valence-electron chi connectivity index (χ1n) is 8.93. The Morgan fingerprint density at radius 2 is 2.27 bits per heavy atom. The molecule has 2 amide bonds. The van der Waals surface area contributed by atoms with Crippen molar-refractivity contribution in [2.75, 3.05) is 36.5 Å². The number of hydrogen-bond donors (Lipinski definition) is 2. The van der Waals surface area contributed by atoms with Crippen LogP contribution in [0.1, 0.15) is 29.5 Å². The largest absolute Gasteiger partial charge is 0.380 e. The Morgan fingerprint density at radius 1 is 1.38 bits per heavy atom. The van der Waals surface area contributed by atoms with E-state index < -0.39 is 0 Å². The summed E-state index contributed by atoms with van der Waals surface area (Å²) in [4.78, 5) is 24.3. The summed E-state index contributed by atoms with van der Waals surface area (Å²) in [6.07, 6.45) is 5.60. The minimum absolute atomic E-state index is 0.240. The van der Waals surface area contributed by atoms with Gasteiger partial charge in [-0.2, -0.15) is 0 Å². The van der Waals surface area contributed by atoms with Crippen LogP contribution >= 0.6 is 11.3 Å². The highest BCUT2D eigenvalue weighted by molar-refractivity contribution is 7.15. The maximum Gasteiger partial charge on any atom is 0.321 e. The lowest BCUT2D eigenvalue weighted by atomic mass is 10.1. The summed E-state index contributed by atoms with van der Waals surface area (Å²) in [7, 11) is 0. The van der Waals surface area contributed by atoms with Crippen molar-refractivity contribution in [2.24, 2.45) is 0 Å². The highest BCUT2D eigenvalue weighted by atomic mass is 32.1. The van der Waals surface area contributed by atoms with Gasteiger partial charge in [0.05, 0.1) is 30.7 Å². The van der Waals surface area contributed by atoms with Gasteiger partial charge in [-0.3, -0.25) is 10.3 Å². The van der Waals surface area contributed by atoms with Gasteiger partial charge in [-0.15, -0.1) is 0 Å². The Hall–Kier alpha value is -2.19. The zero-order chi connectivity index (χ0) is 18.4. The number of aryl methyl sites for hydroxylation is 1. The first kappa shape index (κ1) is 18.6. The van der Waals surface area contributed by atoms with E-state index >= 15 is 0 Å². The molecule has 0 aliphatic carbocycles. The van der Waals surface area contributed by atoms with E-state index in [4.69, 9.17) is 4.74 Å². The molecule has 3 rings (SSSR count). The summed E-state index contributed by atoms with van der Waals surface area (Å²) in [5.74, 6) is 0. The number of ether oxygens (including phenoxy) is 1. The molecule has 0 fully saturated rings. The van der Waals surface area contributed by atoms with Gasteiger partial charge in [-0.1, -0.05) is 18.3 Å². The standard InChI is InChI=1S/C18H25N5O2S/c1-3-7-25-8-5-20-17(24)22-18-21-15-4-6-23(12-16(15)26-18)14-9-13(2)10-19-11-14/h9-11H,3-8,12H2,1-2H3,(H2,20,21,22,24). The van der Waals surface area contributed by atoms with Gasteiger partial charge in [0.1, 0.15) is 0 Å². The summed E-state index contributed by atoms with van der Waals surface area (Å²) < 4.78 is 5.35. The third kappa shape index (κ3) is 4.92. The number of carbonyl (C=O) groups excluding carboxylic acids is 1. The van der Waals surface area contributed by atoms with Crippen molar-refractivity contribution < 1.29 is 9.53 Å². The number of nitrogens with one attached hydrogen (secondary N) is 2. The Balaban J connectivity index is 1.53. The number of pyridine rings is 1. The molecule has 26 heavy (non-hydrogen) atoms. The highest BCUT2D eigenvalue weighted by Gasteiger charge is 2.21. The number of hydrogen-bond acceptors (Lipinski definition) is 6. The summed E-state index contributed by atoms with van der Waals surface area (Å²) >= 11 is 1.54. The lowest BCUT2D eigenvalue weighted by Gasteiger charge is -2.27. The van der Waals surface area contributed by atoms with Crippen molar-refractivity contribution in [1.29, 1.82) is 0 Å². The van der Waals surface area contributed by atoms with Gasteiger partial charge >= 0.3 is 6.03 Å².